The Hall–Kier alpha value is -1.12. The van der Waals surface area contributed by atoms with Gasteiger partial charge in [-0.3, -0.25) is 4.79 Å². The number of carbonyl (C=O) groups excluding carboxylic acids is 1. The van der Waals surface area contributed by atoms with Gasteiger partial charge in [0.2, 0.25) is 15.9 Å². The Labute approximate surface area is 127 Å². The predicted octanol–water partition coefficient (Wildman–Crippen LogP) is 1.05. The maximum atomic E-state index is 12.5. The highest BCUT2D eigenvalue weighted by molar-refractivity contribution is 9.10. The van der Waals surface area contributed by atoms with E-state index in [-0.39, 0.29) is 17.3 Å². The summed E-state index contributed by atoms with van der Waals surface area (Å²) < 4.78 is 26.6. The van der Waals surface area contributed by atoms with Crippen LogP contribution in [0.15, 0.2) is 21.5 Å². The summed E-state index contributed by atoms with van der Waals surface area (Å²) in [5.41, 5.74) is 6.63. The summed E-state index contributed by atoms with van der Waals surface area (Å²) in [7, 11) is 0.767. The zero-order valence-corrected chi connectivity index (χ0v) is 14.2. The lowest BCUT2D eigenvalue weighted by Gasteiger charge is -2.20. The van der Waals surface area contributed by atoms with Gasteiger partial charge in [0.25, 0.3) is 0 Å². The topological polar surface area (TPSA) is 83.7 Å². The van der Waals surface area contributed by atoms with Crippen molar-refractivity contribution in [1.82, 2.24) is 9.21 Å². The third-order valence-electron chi connectivity index (χ3n) is 2.84. The lowest BCUT2D eigenvalue weighted by molar-refractivity contribution is -0.128. The number of nitrogens with two attached hydrogens (primary N) is 1. The fraction of sp³-hybridized carbons (Fsp3) is 0.417. The lowest BCUT2D eigenvalue weighted by Crippen LogP contribution is -2.38. The van der Waals surface area contributed by atoms with Crippen LogP contribution in [0.4, 0.5) is 5.69 Å². The second-order valence-electron chi connectivity index (χ2n) is 4.69. The number of halogens is 1. The standard InChI is InChI=1S/C12H18BrN3O3S/c1-8-5-9(13)10(14)6-11(8)20(18,19)16(4)7-12(17)15(2)3/h5-6H,7,14H2,1-4H3. The smallest absolute Gasteiger partial charge is 0.243 e. The molecule has 0 spiro atoms. The lowest BCUT2D eigenvalue weighted by atomic mass is 10.2. The molecule has 1 rings (SSSR count). The zero-order valence-electron chi connectivity index (χ0n) is 11.8. The molecule has 2 N–H and O–H groups in total. The van der Waals surface area contributed by atoms with Gasteiger partial charge in [0.05, 0.1) is 11.4 Å². The first-order chi connectivity index (χ1) is 9.07. The number of benzene rings is 1. The number of carbonyl (C=O) groups is 1. The van der Waals surface area contributed by atoms with Gasteiger partial charge in [0.15, 0.2) is 0 Å². The van der Waals surface area contributed by atoms with Crippen LogP contribution < -0.4 is 5.73 Å². The Morgan fingerprint density at radius 3 is 2.35 bits per heavy atom. The zero-order chi connectivity index (χ0) is 15.7. The van der Waals surface area contributed by atoms with Crippen LogP contribution in [0, 0.1) is 6.92 Å². The molecule has 1 aromatic rings. The summed E-state index contributed by atoms with van der Waals surface area (Å²) in [6, 6.07) is 3.04. The molecule has 0 heterocycles. The number of aryl methyl sites for hydroxylation is 1. The van der Waals surface area contributed by atoms with E-state index in [1.807, 2.05) is 0 Å². The van der Waals surface area contributed by atoms with Crippen molar-refractivity contribution in [3.63, 3.8) is 0 Å². The number of amides is 1. The van der Waals surface area contributed by atoms with Crippen molar-refractivity contribution >= 4 is 37.5 Å². The molecule has 0 aliphatic rings. The number of sulfonamides is 1. The minimum absolute atomic E-state index is 0.104. The highest BCUT2D eigenvalue weighted by Crippen LogP contribution is 2.28. The van der Waals surface area contributed by atoms with Crippen molar-refractivity contribution in [2.45, 2.75) is 11.8 Å². The molecule has 1 aromatic carbocycles. The van der Waals surface area contributed by atoms with Crippen LogP contribution in [0.5, 0.6) is 0 Å². The van der Waals surface area contributed by atoms with Crippen molar-refractivity contribution in [3.8, 4) is 0 Å². The van der Waals surface area contributed by atoms with Gasteiger partial charge in [-0.25, -0.2) is 8.42 Å². The van der Waals surface area contributed by atoms with Crippen LogP contribution in [-0.4, -0.2) is 51.2 Å². The van der Waals surface area contributed by atoms with E-state index in [4.69, 9.17) is 5.73 Å². The molecular weight excluding hydrogens is 346 g/mol. The Kier molecular flexibility index (Phi) is 5.17. The SMILES string of the molecule is Cc1cc(Br)c(N)cc1S(=O)(=O)N(C)CC(=O)N(C)C. The summed E-state index contributed by atoms with van der Waals surface area (Å²) in [4.78, 5) is 13.1. The minimum atomic E-state index is -3.75. The molecule has 8 heteroatoms. The molecule has 1 amide bonds. The second kappa shape index (κ2) is 6.11. The van der Waals surface area contributed by atoms with Crippen LogP contribution in [0.1, 0.15) is 5.56 Å². The number of nitrogens with zero attached hydrogens (tertiary/aromatic N) is 2. The van der Waals surface area contributed by atoms with Gasteiger partial charge in [0.1, 0.15) is 0 Å². The monoisotopic (exact) mass is 363 g/mol. The molecule has 20 heavy (non-hydrogen) atoms. The van der Waals surface area contributed by atoms with Crippen LogP contribution in [0.25, 0.3) is 0 Å². The molecule has 0 radical (unpaired) electrons. The van der Waals surface area contributed by atoms with Crippen molar-refractivity contribution < 1.29 is 13.2 Å². The largest absolute Gasteiger partial charge is 0.398 e. The number of anilines is 1. The molecule has 6 nitrogen and oxygen atoms in total. The summed E-state index contributed by atoms with van der Waals surface area (Å²) >= 11 is 3.25. The number of hydrogen-bond acceptors (Lipinski definition) is 4. The summed E-state index contributed by atoms with van der Waals surface area (Å²) in [6.07, 6.45) is 0. The van der Waals surface area contributed by atoms with Crippen molar-refractivity contribution in [2.24, 2.45) is 0 Å². The number of nitrogen functional groups attached to an aromatic ring is 1. The van der Waals surface area contributed by atoms with E-state index in [2.05, 4.69) is 15.9 Å². The highest BCUT2D eigenvalue weighted by atomic mass is 79.9. The van der Waals surface area contributed by atoms with Crippen molar-refractivity contribution in [1.29, 1.82) is 0 Å². The maximum absolute atomic E-state index is 12.5. The molecule has 0 bridgehead atoms. The van der Waals surface area contributed by atoms with Crippen molar-refractivity contribution in [3.05, 3.63) is 22.2 Å². The first-order valence-corrected chi connectivity index (χ1v) is 8.02. The summed E-state index contributed by atoms with van der Waals surface area (Å²) in [5, 5.41) is 0. The molecule has 0 saturated heterocycles. The molecule has 0 saturated carbocycles. The normalized spacial score (nSPS) is 11.7. The second-order valence-corrected chi connectivity index (χ2v) is 7.56. The van der Waals surface area contributed by atoms with Gasteiger partial charge in [-0.15, -0.1) is 0 Å². The first kappa shape index (κ1) is 16.9. The average molecular weight is 364 g/mol. The molecule has 0 aliphatic carbocycles. The Morgan fingerprint density at radius 2 is 1.85 bits per heavy atom. The first-order valence-electron chi connectivity index (χ1n) is 5.79. The minimum Gasteiger partial charge on any atom is -0.398 e. The maximum Gasteiger partial charge on any atom is 0.243 e. The molecule has 0 fully saturated rings. The van der Waals surface area contributed by atoms with Gasteiger partial charge >= 0.3 is 0 Å². The molecule has 0 atom stereocenters. The van der Waals surface area contributed by atoms with Crippen molar-refractivity contribution in [2.75, 3.05) is 33.4 Å². The molecule has 0 unspecified atom stereocenters. The van der Waals surface area contributed by atoms with Gasteiger partial charge in [0, 0.05) is 31.3 Å². The summed E-state index contributed by atoms with van der Waals surface area (Å²) in [5.74, 6) is -0.293. The fourth-order valence-electron chi connectivity index (χ4n) is 1.53. The fourth-order valence-corrected chi connectivity index (χ4v) is 3.35. The van der Waals surface area contributed by atoms with Gasteiger partial charge in [-0.1, -0.05) is 0 Å². The quantitative estimate of drug-likeness (QED) is 0.810. The molecule has 112 valence electrons. The predicted molar refractivity (Wildman–Crippen MR) is 81.8 cm³/mol. The number of likely N-dealkylation sites (N-methyl/N-ethyl adjacent to an activating group) is 2. The van der Waals surface area contributed by atoms with Crippen LogP contribution in [0.2, 0.25) is 0 Å². The molecule has 0 aliphatic heterocycles. The third kappa shape index (κ3) is 3.50. The van der Waals surface area contributed by atoms with E-state index in [1.54, 1.807) is 27.1 Å². The van der Waals surface area contributed by atoms with E-state index >= 15 is 0 Å². The number of rotatable bonds is 4. The van der Waals surface area contributed by atoms with E-state index < -0.39 is 10.0 Å². The van der Waals surface area contributed by atoms with E-state index in [9.17, 15) is 13.2 Å². The van der Waals surface area contributed by atoms with Gasteiger partial charge in [-0.05, 0) is 40.5 Å². The Morgan fingerprint density at radius 1 is 1.30 bits per heavy atom. The molecule has 0 aromatic heterocycles. The highest BCUT2D eigenvalue weighted by Gasteiger charge is 2.25. The van der Waals surface area contributed by atoms with E-state index in [0.29, 0.717) is 15.7 Å². The molecular formula is C12H18BrN3O3S. The Balaban J connectivity index is 3.17. The van der Waals surface area contributed by atoms with Gasteiger partial charge in [-0.2, -0.15) is 4.31 Å². The van der Waals surface area contributed by atoms with Crippen LogP contribution in [-0.2, 0) is 14.8 Å². The van der Waals surface area contributed by atoms with Crippen LogP contribution >= 0.6 is 15.9 Å². The summed E-state index contributed by atoms with van der Waals surface area (Å²) in [6.45, 7) is 1.46. The van der Waals surface area contributed by atoms with E-state index in [1.165, 1.54) is 18.0 Å². The Bertz CT molecular complexity index is 629. The number of hydrogen-bond donors (Lipinski definition) is 1. The van der Waals surface area contributed by atoms with E-state index in [0.717, 1.165) is 4.31 Å². The average Bonchev–Trinajstić information content (AvgIpc) is 2.33. The third-order valence-corrected chi connectivity index (χ3v) is 5.47. The van der Waals surface area contributed by atoms with Gasteiger partial charge < -0.3 is 10.6 Å². The van der Waals surface area contributed by atoms with Crippen LogP contribution in [0.3, 0.4) is 0 Å².